The summed E-state index contributed by atoms with van der Waals surface area (Å²) in [6, 6.07) is 4.69. The number of nitrogens with zero attached hydrogens (tertiary/aromatic N) is 3. The third-order valence-electron chi connectivity index (χ3n) is 8.14. The van der Waals surface area contributed by atoms with Gasteiger partial charge in [0.05, 0.1) is 27.4 Å². The summed E-state index contributed by atoms with van der Waals surface area (Å²) in [6.07, 6.45) is 6.51. The maximum Gasteiger partial charge on any atom is 0.325 e. The number of carbonyl (C=O) groups is 3. The van der Waals surface area contributed by atoms with Gasteiger partial charge in [-0.1, -0.05) is 12.5 Å². The third-order valence-corrected chi connectivity index (χ3v) is 8.14. The smallest absolute Gasteiger partial charge is 0.325 e. The Hall–Kier alpha value is -2.85. The number of carbonyl (C=O) groups excluding carboxylic acids is 3. The van der Waals surface area contributed by atoms with Crippen LogP contribution in [0.3, 0.4) is 0 Å². The maximum atomic E-state index is 13.3. The van der Waals surface area contributed by atoms with Crippen molar-refractivity contribution in [1.29, 1.82) is 0 Å². The molecule has 0 radical (unpaired) electrons. The minimum Gasteiger partial charge on any atom is -0.493 e. The van der Waals surface area contributed by atoms with Gasteiger partial charge in [0.1, 0.15) is 6.04 Å². The number of hydrogen-bond acceptors (Lipinski definition) is 7. The van der Waals surface area contributed by atoms with E-state index in [-0.39, 0.29) is 31.2 Å². The minimum absolute atomic E-state index is 0.00960. The third kappa shape index (κ3) is 6.58. The zero-order valence-corrected chi connectivity index (χ0v) is 22.9. The molecule has 0 spiro atoms. The lowest BCUT2D eigenvalue weighted by Gasteiger charge is -2.45. The van der Waals surface area contributed by atoms with Crippen LogP contribution < -0.4 is 14.8 Å². The Morgan fingerprint density at radius 3 is 2.61 bits per heavy atom. The highest BCUT2D eigenvalue weighted by Crippen LogP contribution is 2.32. The van der Waals surface area contributed by atoms with Gasteiger partial charge < -0.3 is 29.3 Å². The molecule has 3 heterocycles. The number of rotatable bonds is 12. The van der Waals surface area contributed by atoms with E-state index in [0.29, 0.717) is 36.6 Å². The molecular formula is C28H42N4O6. The number of methoxy groups -OCH3 is 3. The van der Waals surface area contributed by atoms with Gasteiger partial charge in [-0.3, -0.25) is 14.5 Å². The van der Waals surface area contributed by atoms with Crippen molar-refractivity contribution < 1.29 is 28.6 Å². The average Bonchev–Trinajstić information content (AvgIpc) is 3.21. The first-order valence-electron chi connectivity index (χ1n) is 13.8. The van der Waals surface area contributed by atoms with Gasteiger partial charge in [0.25, 0.3) is 5.91 Å². The fourth-order valence-corrected chi connectivity index (χ4v) is 6.10. The second-order valence-electron chi connectivity index (χ2n) is 10.5. The number of piperidine rings is 2. The number of nitrogens with one attached hydrogen (secondary N) is 1. The van der Waals surface area contributed by atoms with Crippen molar-refractivity contribution in [1.82, 2.24) is 20.0 Å². The van der Waals surface area contributed by atoms with Crippen LogP contribution in [-0.2, 0) is 20.9 Å². The first-order valence-corrected chi connectivity index (χ1v) is 13.8. The number of ether oxygens (including phenoxy) is 3. The Balaban J connectivity index is 1.34. The lowest BCUT2D eigenvalue weighted by molar-refractivity contribution is -0.134. The zero-order valence-electron chi connectivity index (χ0n) is 22.9. The van der Waals surface area contributed by atoms with E-state index in [1.165, 1.54) is 37.7 Å². The van der Waals surface area contributed by atoms with Crippen LogP contribution in [0.1, 0.15) is 50.5 Å². The molecule has 10 heteroatoms. The second-order valence-corrected chi connectivity index (χ2v) is 10.5. The summed E-state index contributed by atoms with van der Waals surface area (Å²) >= 11 is 0. The molecule has 0 aromatic heterocycles. The highest BCUT2D eigenvalue weighted by atomic mass is 16.5. The van der Waals surface area contributed by atoms with Crippen LogP contribution in [0.25, 0.3) is 0 Å². The number of fused-ring (bicyclic) bond motifs is 1. The van der Waals surface area contributed by atoms with Crippen molar-refractivity contribution in [3.63, 3.8) is 0 Å². The van der Waals surface area contributed by atoms with E-state index in [2.05, 4.69) is 10.2 Å². The van der Waals surface area contributed by atoms with E-state index in [0.717, 1.165) is 31.6 Å². The summed E-state index contributed by atoms with van der Waals surface area (Å²) in [6.45, 7) is 4.18. The molecule has 1 aromatic carbocycles. The number of benzene rings is 1. The molecule has 3 saturated heterocycles. The average molecular weight is 531 g/mol. The lowest BCUT2D eigenvalue weighted by atomic mass is 9.83. The van der Waals surface area contributed by atoms with Crippen LogP contribution >= 0.6 is 0 Å². The predicted octanol–water partition coefficient (Wildman–Crippen LogP) is 2.64. The molecule has 3 aliphatic heterocycles. The summed E-state index contributed by atoms with van der Waals surface area (Å²) < 4.78 is 15.9. The Kier molecular flexibility index (Phi) is 9.85. The van der Waals surface area contributed by atoms with E-state index < -0.39 is 12.1 Å². The molecule has 4 amide bonds. The van der Waals surface area contributed by atoms with Crippen LogP contribution in [-0.4, -0.2) is 98.7 Å². The van der Waals surface area contributed by atoms with Gasteiger partial charge in [0.2, 0.25) is 5.91 Å². The predicted molar refractivity (Wildman–Crippen MR) is 142 cm³/mol. The Labute approximate surface area is 225 Å². The molecule has 3 atom stereocenters. The van der Waals surface area contributed by atoms with E-state index >= 15 is 0 Å². The molecular weight excluding hydrogens is 488 g/mol. The summed E-state index contributed by atoms with van der Waals surface area (Å²) in [7, 11) is 4.74. The van der Waals surface area contributed by atoms with Gasteiger partial charge in [0, 0.05) is 32.7 Å². The van der Waals surface area contributed by atoms with Gasteiger partial charge in [-0.25, -0.2) is 4.79 Å². The van der Waals surface area contributed by atoms with Gasteiger partial charge in [0.15, 0.2) is 11.5 Å². The SMILES string of the molecule is COCCN(CC1CCCN2CCCCC12)C(=O)CCC1NC(=O)N(Cc2ccc(OC)c(OC)c2)C1=O. The van der Waals surface area contributed by atoms with Crippen molar-refractivity contribution in [2.75, 3.05) is 54.1 Å². The fraction of sp³-hybridized carbons (Fsp3) is 0.679. The monoisotopic (exact) mass is 530 g/mol. The molecule has 1 aromatic rings. The van der Waals surface area contributed by atoms with Crippen LogP contribution in [0.15, 0.2) is 18.2 Å². The molecule has 210 valence electrons. The summed E-state index contributed by atoms with van der Waals surface area (Å²) in [5.41, 5.74) is 0.748. The molecule has 0 saturated carbocycles. The highest BCUT2D eigenvalue weighted by molar-refractivity contribution is 6.04. The normalized spacial score (nSPS) is 23.7. The van der Waals surface area contributed by atoms with Crippen molar-refractivity contribution in [3.05, 3.63) is 23.8 Å². The summed E-state index contributed by atoms with van der Waals surface area (Å²) in [5.74, 6) is 1.27. The minimum atomic E-state index is -0.709. The molecule has 38 heavy (non-hydrogen) atoms. The highest BCUT2D eigenvalue weighted by Gasteiger charge is 2.39. The Morgan fingerprint density at radius 2 is 1.84 bits per heavy atom. The Bertz CT molecular complexity index is 986. The first kappa shape index (κ1) is 28.2. The van der Waals surface area contributed by atoms with Crippen molar-refractivity contribution in [2.24, 2.45) is 5.92 Å². The van der Waals surface area contributed by atoms with E-state index in [1.54, 1.807) is 32.4 Å². The van der Waals surface area contributed by atoms with E-state index in [9.17, 15) is 14.4 Å². The van der Waals surface area contributed by atoms with Gasteiger partial charge in [-0.15, -0.1) is 0 Å². The van der Waals surface area contributed by atoms with Gasteiger partial charge in [-0.05, 0) is 68.8 Å². The summed E-state index contributed by atoms with van der Waals surface area (Å²) in [5, 5.41) is 2.76. The maximum absolute atomic E-state index is 13.3. The van der Waals surface area contributed by atoms with Crippen molar-refractivity contribution in [2.45, 2.75) is 63.6 Å². The molecule has 3 aliphatic rings. The van der Waals surface area contributed by atoms with Crippen LogP contribution in [0, 0.1) is 5.92 Å². The summed E-state index contributed by atoms with van der Waals surface area (Å²) in [4.78, 5) is 44.7. The largest absolute Gasteiger partial charge is 0.493 e. The lowest BCUT2D eigenvalue weighted by Crippen LogP contribution is -2.52. The zero-order chi connectivity index (χ0) is 27.1. The van der Waals surface area contributed by atoms with E-state index in [4.69, 9.17) is 14.2 Å². The molecule has 0 aliphatic carbocycles. The number of imide groups is 1. The van der Waals surface area contributed by atoms with Crippen LogP contribution in [0.5, 0.6) is 11.5 Å². The molecule has 3 fully saturated rings. The molecule has 4 rings (SSSR count). The fourth-order valence-electron chi connectivity index (χ4n) is 6.10. The second kappa shape index (κ2) is 13.3. The number of hydrogen-bond donors (Lipinski definition) is 1. The number of urea groups is 1. The number of amides is 4. The standard InChI is InChI=1S/C28H42N4O6/c1-36-16-15-31(19-21-7-6-14-30-13-5-4-8-23(21)30)26(33)12-10-22-27(34)32(28(35)29-22)18-20-9-11-24(37-2)25(17-20)38-3/h9,11,17,21-23H,4-8,10,12-16,18-19H2,1-3H3,(H,29,35). The van der Waals surface area contributed by atoms with Crippen LogP contribution in [0.2, 0.25) is 0 Å². The first-order chi connectivity index (χ1) is 18.4. The van der Waals surface area contributed by atoms with Crippen LogP contribution in [0.4, 0.5) is 4.79 Å². The Morgan fingerprint density at radius 1 is 1.05 bits per heavy atom. The van der Waals surface area contributed by atoms with E-state index in [1.807, 2.05) is 4.90 Å². The topological polar surface area (TPSA) is 101 Å². The molecule has 3 unspecified atom stereocenters. The molecule has 10 nitrogen and oxygen atoms in total. The van der Waals surface area contributed by atoms with Crippen molar-refractivity contribution >= 4 is 17.8 Å². The van der Waals surface area contributed by atoms with Gasteiger partial charge in [-0.2, -0.15) is 0 Å². The molecule has 0 bridgehead atoms. The van der Waals surface area contributed by atoms with Crippen molar-refractivity contribution in [3.8, 4) is 11.5 Å². The quantitative estimate of drug-likeness (QED) is 0.415. The van der Waals surface area contributed by atoms with Gasteiger partial charge >= 0.3 is 6.03 Å². The molecule has 1 N–H and O–H groups in total.